The third-order valence-corrected chi connectivity index (χ3v) is 3.61. The van der Waals surface area contributed by atoms with E-state index in [0.29, 0.717) is 5.92 Å². The SMILES string of the molecule is CCC=CCC(Cc1ccccc1)Cc1ccccc1. The fourth-order valence-corrected chi connectivity index (χ4v) is 2.59. The van der Waals surface area contributed by atoms with Crippen molar-refractivity contribution in [1.29, 1.82) is 0 Å². The van der Waals surface area contributed by atoms with E-state index in [1.165, 1.54) is 11.1 Å². The first-order valence-electron chi connectivity index (χ1n) is 7.61. The van der Waals surface area contributed by atoms with Crippen LogP contribution in [0.1, 0.15) is 30.9 Å². The zero-order valence-electron chi connectivity index (χ0n) is 12.3. The predicted molar refractivity (Wildman–Crippen MR) is 87.8 cm³/mol. The van der Waals surface area contributed by atoms with Gasteiger partial charge in [-0.1, -0.05) is 79.7 Å². The maximum atomic E-state index is 2.34. The summed E-state index contributed by atoms with van der Waals surface area (Å²) in [5.74, 6) is 0.683. The first-order valence-corrected chi connectivity index (χ1v) is 7.61. The van der Waals surface area contributed by atoms with E-state index in [-0.39, 0.29) is 0 Å². The molecule has 2 aromatic rings. The molecular formula is C20H24. The lowest BCUT2D eigenvalue weighted by Gasteiger charge is -2.15. The maximum Gasteiger partial charge on any atom is -0.0244 e. The summed E-state index contributed by atoms with van der Waals surface area (Å²) >= 11 is 0. The molecular weight excluding hydrogens is 240 g/mol. The van der Waals surface area contributed by atoms with Crippen LogP contribution in [0.3, 0.4) is 0 Å². The van der Waals surface area contributed by atoms with Gasteiger partial charge in [0.15, 0.2) is 0 Å². The summed E-state index contributed by atoms with van der Waals surface area (Å²) in [5, 5.41) is 0. The topological polar surface area (TPSA) is 0 Å². The number of hydrogen-bond donors (Lipinski definition) is 0. The van der Waals surface area contributed by atoms with Gasteiger partial charge in [0.1, 0.15) is 0 Å². The standard InChI is InChI=1S/C20H24/c1-2-3-6-15-20(16-18-11-7-4-8-12-18)17-19-13-9-5-10-14-19/h3-14,20H,2,15-17H2,1H3. The van der Waals surface area contributed by atoms with Gasteiger partial charge in [0.25, 0.3) is 0 Å². The van der Waals surface area contributed by atoms with Crippen LogP contribution in [0, 0.1) is 5.92 Å². The van der Waals surface area contributed by atoms with Gasteiger partial charge in [-0.15, -0.1) is 0 Å². The van der Waals surface area contributed by atoms with Crippen molar-refractivity contribution in [3.8, 4) is 0 Å². The van der Waals surface area contributed by atoms with Crippen molar-refractivity contribution < 1.29 is 0 Å². The lowest BCUT2D eigenvalue weighted by molar-refractivity contribution is 0.528. The zero-order valence-corrected chi connectivity index (χ0v) is 12.3. The Balaban J connectivity index is 2.02. The van der Waals surface area contributed by atoms with Crippen molar-refractivity contribution in [1.82, 2.24) is 0 Å². The molecule has 0 spiro atoms. The Morgan fingerprint density at radius 3 is 1.70 bits per heavy atom. The van der Waals surface area contributed by atoms with E-state index in [0.717, 1.165) is 25.7 Å². The van der Waals surface area contributed by atoms with Crippen LogP contribution in [-0.2, 0) is 12.8 Å². The minimum absolute atomic E-state index is 0.683. The van der Waals surface area contributed by atoms with Gasteiger partial charge in [-0.05, 0) is 42.7 Å². The van der Waals surface area contributed by atoms with Gasteiger partial charge in [-0.2, -0.15) is 0 Å². The van der Waals surface area contributed by atoms with Crippen LogP contribution < -0.4 is 0 Å². The molecule has 20 heavy (non-hydrogen) atoms. The maximum absolute atomic E-state index is 2.34. The Labute approximate surface area is 123 Å². The van der Waals surface area contributed by atoms with Gasteiger partial charge in [0, 0.05) is 0 Å². The van der Waals surface area contributed by atoms with E-state index in [9.17, 15) is 0 Å². The summed E-state index contributed by atoms with van der Waals surface area (Å²) in [4.78, 5) is 0. The molecule has 0 radical (unpaired) electrons. The van der Waals surface area contributed by atoms with Gasteiger partial charge in [-0.3, -0.25) is 0 Å². The minimum atomic E-state index is 0.683. The molecule has 0 saturated carbocycles. The Bertz CT molecular complexity index is 455. The van der Waals surface area contributed by atoms with Gasteiger partial charge in [0.2, 0.25) is 0 Å². The van der Waals surface area contributed by atoms with Crippen molar-refractivity contribution in [3.63, 3.8) is 0 Å². The van der Waals surface area contributed by atoms with E-state index in [2.05, 4.69) is 79.7 Å². The molecule has 0 N–H and O–H groups in total. The highest BCUT2D eigenvalue weighted by atomic mass is 14.1. The summed E-state index contributed by atoms with van der Waals surface area (Å²) in [6.07, 6.45) is 9.23. The van der Waals surface area contributed by atoms with Crippen LogP contribution >= 0.6 is 0 Å². The lowest BCUT2D eigenvalue weighted by atomic mass is 9.90. The van der Waals surface area contributed by atoms with Crippen molar-refractivity contribution in [3.05, 3.63) is 83.9 Å². The molecule has 0 unspecified atom stereocenters. The molecule has 2 aromatic carbocycles. The van der Waals surface area contributed by atoms with E-state index < -0.39 is 0 Å². The third-order valence-electron chi connectivity index (χ3n) is 3.61. The molecule has 104 valence electrons. The molecule has 0 fully saturated rings. The highest BCUT2D eigenvalue weighted by Crippen LogP contribution is 2.18. The molecule has 0 bridgehead atoms. The second-order valence-electron chi connectivity index (χ2n) is 5.36. The molecule has 2 rings (SSSR count). The monoisotopic (exact) mass is 264 g/mol. The Morgan fingerprint density at radius 2 is 1.25 bits per heavy atom. The molecule has 0 aliphatic heterocycles. The summed E-state index contributed by atoms with van der Waals surface area (Å²) < 4.78 is 0. The molecule has 0 heterocycles. The molecule has 0 aliphatic carbocycles. The smallest absolute Gasteiger partial charge is 0.0244 e. The lowest BCUT2D eigenvalue weighted by Crippen LogP contribution is -2.07. The first-order chi connectivity index (χ1) is 9.88. The summed E-state index contributed by atoms with van der Waals surface area (Å²) in [6, 6.07) is 21.7. The van der Waals surface area contributed by atoms with Crippen molar-refractivity contribution in [2.24, 2.45) is 5.92 Å². The van der Waals surface area contributed by atoms with Gasteiger partial charge in [0.05, 0.1) is 0 Å². The van der Waals surface area contributed by atoms with Gasteiger partial charge < -0.3 is 0 Å². The van der Waals surface area contributed by atoms with Crippen LogP contribution in [0.15, 0.2) is 72.8 Å². The van der Waals surface area contributed by atoms with E-state index in [4.69, 9.17) is 0 Å². The van der Waals surface area contributed by atoms with Crippen LogP contribution in [0.4, 0.5) is 0 Å². The summed E-state index contributed by atoms with van der Waals surface area (Å²) in [7, 11) is 0. The minimum Gasteiger partial charge on any atom is -0.0888 e. The van der Waals surface area contributed by atoms with Crippen molar-refractivity contribution in [2.45, 2.75) is 32.6 Å². The van der Waals surface area contributed by atoms with Crippen LogP contribution in [0.25, 0.3) is 0 Å². The highest BCUT2D eigenvalue weighted by Gasteiger charge is 2.09. The fraction of sp³-hybridized carbons (Fsp3) is 0.300. The first kappa shape index (κ1) is 14.6. The molecule has 0 saturated heterocycles. The molecule has 0 heteroatoms. The van der Waals surface area contributed by atoms with Crippen LogP contribution in [0.2, 0.25) is 0 Å². The summed E-state index contributed by atoms with van der Waals surface area (Å²) in [6.45, 7) is 2.19. The van der Waals surface area contributed by atoms with Crippen molar-refractivity contribution in [2.75, 3.05) is 0 Å². The fourth-order valence-electron chi connectivity index (χ4n) is 2.59. The number of allylic oxidation sites excluding steroid dienone is 2. The number of hydrogen-bond acceptors (Lipinski definition) is 0. The normalized spacial score (nSPS) is 11.3. The second kappa shape index (κ2) is 8.37. The van der Waals surface area contributed by atoms with E-state index in [1.54, 1.807) is 0 Å². The second-order valence-corrected chi connectivity index (χ2v) is 5.36. The number of rotatable bonds is 7. The van der Waals surface area contributed by atoms with Crippen LogP contribution in [-0.4, -0.2) is 0 Å². The third kappa shape index (κ3) is 5.05. The van der Waals surface area contributed by atoms with Crippen molar-refractivity contribution >= 4 is 0 Å². The highest BCUT2D eigenvalue weighted by molar-refractivity contribution is 5.19. The Hall–Kier alpha value is -1.82. The zero-order chi connectivity index (χ0) is 14.0. The predicted octanol–water partition coefficient (Wildman–Crippen LogP) is 5.44. The molecule has 0 aromatic heterocycles. The van der Waals surface area contributed by atoms with E-state index >= 15 is 0 Å². The van der Waals surface area contributed by atoms with Crippen LogP contribution in [0.5, 0.6) is 0 Å². The molecule has 0 atom stereocenters. The molecule has 0 amide bonds. The summed E-state index contributed by atoms with van der Waals surface area (Å²) in [5.41, 5.74) is 2.89. The van der Waals surface area contributed by atoms with E-state index in [1.807, 2.05) is 0 Å². The quantitative estimate of drug-likeness (QED) is 0.584. The Morgan fingerprint density at radius 1 is 0.750 bits per heavy atom. The average molecular weight is 264 g/mol. The van der Waals surface area contributed by atoms with Gasteiger partial charge in [-0.25, -0.2) is 0 Å². The largest absolute Gasteiger partial charge is 0.0888 e. The molecule has 0 nitrogen and oxygen atoms in total. The Kier molecular flexibility index (Phi) is 6.10. The average Bonchev–Trinajstić information content (AvgIpc) is 2.49. The van der Waals surface area contributed by atoms with Gasteiger partial charge >= 0.3 is 0 Å². The molecule has 0 aliphatic rings. The number of benzene rings is 2.